The summed E-state index contributed by atoms with van der Waals surface area (Å²) in [5, 5.41) is 31.7. The topological polar surface area (TPSA) is 120 Å². The van der Waals surface area contributed by atoms with E-state index >= 15 is 0 Å². The summed E-state index contributed by atoms with van der Waals surface area (Å²) in [7, 11) is 0. The van der Waals surface area contributed by atoms with Gasteiger partial charge in [-0.05, 0) is 60.0 Å². The maximum atomic E-state index is 12.2. The van der Waals surface area contributed by atoms with Gasteiger partial charge in [-0.1, -0.05) is 135 Å². The van der Waals surface area contributed by atoms with Gasteiger partial charge in [0.1, 0.15) is 0 Å². The number of nitrogens with one attached hydrogen (secondary N) is 2. The molecule has 0 spiro atoms. The molecule has 0 amide bonds. The van der Waals surface area contributed by atoms with Gasteiger partial charge in [0.2, 0.25) is 11.9 Å². The Labute approximate surface area is 297 Å². The molecule has 0 aliphatic heterocycles. The van der Waals surface area contributed by atoms with Crippen molar-refractivity contribution in [2.75, 3.05) is 23.7 Å². The minimum absolute atomic E-state index is 0. The average Bonchev–Trinajstić information content (AvgIpc) is 3.08. The fraction of sp³-hybridized carbons (Fsp3) is 0.222. The molecule has 1 radical (unpaired) electrons. The molecule has 0 aromatic heterocycles. The van der Waals surface area contributed by atoms with Crippen molar-refractivity contribution in [3.8, 4) is 0 Å². The summed E-state index contributed by atoms with van der Waals surface area (Å²) >= 11 is 12.3. The number of unbranched alkanes of at least 4 members (excludes halogenated alkanes) is 2. The molecular formula is C36H38Cl2CuN6O2. The Morgan fingerprint density at radius 1 is 0.553 bits per heavy atom. The van der Waals surface area contributed by atoms with Crippen LogP contribution in [0.1, 0.15) is 50.7 Å². The van der Waals surface area contributed by atoms with E-state index < -0.39 is 0 Å². The Balaban J connectivity index is 0.000000320. The van der Waals surface area contributed by atoms with E-state index in [1.807, 2.05) is 48.5 Å². The van der Waals surface area contributed by atoms with E-state index in [1.165, 1.54) is 0 Å². The summed E-state index contributed by atoms with van der Waals surface area (Å²) in [6, 6.07) is 32.4. The first-order valence-corrected chi connectivity index (χ1v) is 15.9. The molecular weight excluding hydrogens is 683 g/mol. The van der Waals surface area contributed by atoms with Crippen LogP contribution < -0.4 is 20.8 Å². The van der Waals surface area contributed by atoms with Crippen molar-refractivity contribution in [2.45, 2.75) is 39.5 Å². The molecule has 4 rings (SSSR count). The van der Waals surface area contributed by atoms with E-state index in [1.54, 1.807) is 60.7 Å². The third kappa shape index (κ3) is 14.4. The summed E-state index contributed by atoms with van der Waals surface area (Å²) in [6.45, 7) is 5.38. The molecule has 0 aliphatic rings. The first-order valence-electron chi connectivity index (χ1n) is 15.2. The van der Waals surface area contributed by atoms with Gasteiger partial charge >= 0.3 is 17.1 Å². The summed E-state index contributed by atoms with van der Waals surface area (Å²) in [5.41, 5.74) is 2.40. The van der Waals surface area contributed by atoms with Crippen molar-refractivity contribution >= 4 is 58.3 Å². The number of guanidine groups is 2. The summed E-state index contributed by atoms with van der Waals surface area (Å²) in [5.74, 6) is -0.110. The number of hydrogen-bond acceptors (Lipinski definition) is 4. The van der Waals surface area contributed by atoms with E-state index in [-0.39, 0.29) is 40.8 Å². The summed E-state index contributed by atoms with van der Waals surface area (Å²) < 4.78 is 0. The second kappa shape index (κ2) is 22.4. The zero-order valence-corrected chi connectivity index (χ0v) is 28.8. The van der Waals surface area contributed by atoms with Gasteiger partial charge in [0.05, 0.1) is 21.4 Å². The van der Waals surface area contributed by atoms with Crippen molar-refractivity contribution in [1.29, 1.82) is 0 Å². The first-order chi connectivity index (χ1) is 22.4. The number of benzene rings is 4. The van der Waals surface area contributed by atoms with Gasteiger partial charge in [-0.15, -0.1) is 0 Å². The van der Waals surface area contributed by atoms with Crippen LogP contribution >= 0.6 is 23.2 Å². The Morgan fingerprint density at radius 3 is 1.23 bits per heavy atom. The molecule has 4 aromatic rings. The van der Waals surface area contributed by atoms with Gasteiger partial charge in [0.25, 0.3) is 0 Å². The minimum atomic E-state index is -0.333. The Kier molecular flexibility index (Phi) is 18.6. The second-order valence-corrected chi connectivity index (χ2v) is 10.7. The monoisotopic (exact) mass is 719 g/mol. The molecule has 249 valence electrons. The maximum Gasteiger partial charge on any atom is 2.00 e. The maximum absolute atomic E-state index is 12.2. The van der Waals surface area contributed by atoms with Crippen molar-refractivity contribution in [3.63, 3.8) is 0 Å². The van der Waals surface area contributed by atoms with Crippen LogP contribution in [0.15, 0.2) is 129 Å². The van der Waals surface area contributed by atoms with Crippen LogP contribution in [0.2, 0.25) is 10.0 Å². The Bertz CT molecular complexity index is 1500. The number of hydrogen-bond donors (Lipinski definition) is 2. The molecule has 0 fully saturated rings. The molecule has 0 saturated carbocycles. The second-order valence-electron chi connectivity index (χ2n) is 9.89. The molecule has 0 bridgehead atoms. The van der Waals surface area contributed by atoms with Gasteiger partial charge in [0.15, 0.2) is 0 Å². The number of anilines is 2. The van der Waals surface area contributed by atoms with E-state index in [9.17, 15) is 10.2 Å². The molecule has 2 N–H and O–H groups in total. The van der Waals surface area contributed by atoms with Crippen LogP contribution in [-0.4, -0.2) is 36.8 Å². The molecule has 0 saturated heterocycles. The van der Waals surface area contributed by atoms with Gasteiger partial charge in [-0.3, -0.25) is 9.98 Å². The molecule has 4 aromatic carbocycles. The minimum Gasteiger partial charge on any atom is -0.858 e. The van der Waals surface area contributed by atoms with Crippen LogP contribution in [0.25, 0.3) is 0 Å². The van der Waals surface area contributed by atoms with Crippen molar-refractivity contribution in [2.24, 2.45) is 20.0 Å². The largest absolute Gasteiger partial charge is 2.00 e. The number of para-hydroxylation sites is 2. The molecule has 0 atom stereocenters. The van der Waals surface area contributed by atoms with E-state index in [4.69, 9.17) is 23.2 Å². The van der Waals surface area contributed by atoms with Crippen LogP contribution in [-0.2, 0) is 17.1 Å². The quantitative estimate of drug-likeness (QED) is 0.0767. The Hall–Kier alpha value is -4.14. The van der Waals surface area contributed by atoms with Crippen molar-refractivity contribution in [1.82, 2.24) is 0 Å². The van der Waals surface area contributed by atoms with Gasteiger partial charge in [0, 0.05) is 13.1 Å². The van der Waals surface area contributed by atoms with E-state index in [0.29, 0.717) is 45.6 Å². The SMILES string of the molecule is CCCCN=C(/N=C(\[O-])c1ccccc1)Nc1ccccc1Cl.CCCCN=C(/N=C(\[O-])c1ccccc1)Nc1ccccc1Cl.[Cu+2]. The smallest absolute Gasteiger partial charge is 0.858 e. The number of rotatable bonds is 10. The standard InChI is InChI=1S/2C18H20ClN3O.Cu/c2*1-2-3-13-20-18(21-16-12-8-7-11-15(16)19)22-17(23)14-9-5-4-6-10-14;/h2*4-12H,2-3,13H2,1H3,(H2,20,21,22,23);/q;;+2/p-2. The van der Waals surface area contributed by atoms with Crippen LogP contribution in [0.4, 0.5) is 11.4 Å². The van der Waals surface area contributed by atoms with Gasteiger partial charge in [-0.2, -0.15) is 0 Å². The van der Waals surface area contributed by atoms with Crippen molar-refractivity contribution in [3.05, 3.63) is 130 Å². The van der Waals surface area contributed by atoms with Crippen LogP contribution in [0.5, 0.6) is 0 Å². The van der Waals surface area contributed by atoms with E-state index in [0.717, 1.165) is 25.7 Å². The van der Waals surface area contributed by atoms with Gasteiger partial charge in [-0.25, -0.2) is 9.98 Å². The van der Waals surface area contributed by atoms with Gasteiger partial charge < -0.3 is 20.8 Å². The fourth-order valence-corrected chi connectivity index (χ4v) is 4.11. The number of nitrogens with zero attached hydrogens (tertiary/aromatic N) is 4. The predicted octanol–water partition coefficient (Wildman–Crippen LogP) is 7.43. The number of halogens is 2. The molecule has 11 heteroatoms. The molecule has 8 nitrogen and oxygen atoms in total. The van der Waals surface area contributed by atoms with Crippen LogP contribution in [0, 0.1) is 0 Å². The third-order valence-electron chi connectivity index (χ3n) is 6.24. The Morgan fingerprint density at radius 2 is 0.894 bits per heavy atom. The molecule has 0 aliphatic carbocycles. The zero-order valence-electron chi connectivity index (χ0n) is 26.3. The average molecular weight is 721 g/mol. The van der Waals surface area contributed by atoms with Crippen LogP contribution in [0.3, 0.4) is 0 Å². The summed E-state index contributed by atoms with van der Waals surface area (Å²) in [6.07, 6.45) is 3.91. The molecule has 0 unspecified atom stereocenters. The summed E-state index contributed by atoms with van der Waals surface area (Å²) in [4.78, 5) is 16.9. The zero-order chi connectivity index (χ0) is 33.0. The first kappa shape index (κ1) is 39.0. The molecule has 47 heavy (non-hydrogen) atoms. The fourth-order valence-electron chi connectivity index (χ4n) is 3.74. The number of aliphatic imine (C=N–C) groups is 4. The predicted molar refractivity (Wildman–Crippen MR) is 191 cm³/mol. The normalized spacial score (nSPS) is 12.0. The van der Waals surface area contributed by atoms with Crippen molar-refractivity contribution < 1.29 is 27.3 Å². The van der Waals surface area contributed by atoms with E-state index in [2.05, 4.69) is 44.5 Å². The third-order valence-corrected chi connectivity index (χ3v) is 6.90. The molecule has 0 heterocycles.